The molecule has 1 aromatic heterocycles. The summed E-state index contributed by atoms with van der Waals surface area (Å²) in [6, 6.07) is 4.36. The fourth-order valence-corrected chi connectivity index (χ4v) is 2.67. The van der Waals surface area contributed by atoms with Crippen molar-refractivity contribution in [2.24, 2.45) is 0 Å². The quantitative estimate of drug-likeness (QED) is 0.803. The first-order valence-corrected chi connectivity index (χ1v) is 7.32. The summed E-state index contributed by atoms with van der Waals surface area (Å²) >= 11 is 1.63. The molecule has 18 heavy (non-hydrogen) atoms. The van der Waals surface area contributed by atoms with Crippen LogP contribution >= 0.6 is 11.3 Å². The van der Waals surface area contributed by atoms with E-state index in [1.165, 1.54) is 6.42 Å². The van der Waals surface area contributed by atoms with Gasteiger partial charge in [-0.15, -0.1) is 11.3 Å². The Balaban J connectivity index is 1.94. The molecule has 1 fully saturated rings. The molecule has 0 atom stereocenters. The van der Waals surface area contributed by atoms with Crippen molar-refractivity contribution < 1.29 is 9.90 Å². The summed E-state index contributed by atoms with van der Waals surface area (Å²) in [5, 5.41) is 10.9. The van der Waals surface area contributed by atoms with Gasteiger partial charge in [-0.2, -0.15) is 0 Å². The van der Waals surface area contributed by atoms with Gasteiger partial charge < -0.3 is 10.0 Å². The number of amides is 1. The number of carbonyl (C=O) groups is 1. The van der Waals surface area contributed by atoms with Crippen molar-refractivity contribution in [3.63, 3.8) is 0 Å². The molecule has 0 aliphatic heterocycles. The highest BCUT2D eigenvalue weighted by Gasteiger charge is 2.26. The highest BCUT2D eigenvalue weighted by atomic mass is 32.1. The summed E-state index contributed by atoms with van der Waals surface area (Å²) in [7, 11) is 0. The van der Waals surface area contributed by atoms with Gasteiger partial charge in [-0.3, -0.25) is 4.79 Å². The monoisotopic (exact) mass is 265 g/mol. The maximum absolute atomic E-state index is 12.1. The zero-order valence-corrected chi connectivity index (χ0v) is 11.2. The predicted octanol–water partition coefficient (Wildman–Crippen LogP) is 2.52. The smallest absolute Gasteiger partial charge is 0.246 e. The maximum atomic E-state index is 12.1. The molecule has 3 nitrogen and oxygen atoms in total. The van der Waals surface area contributed by atoms with E-state index < -0.39 is 0 Å². The molecule has 1 aromatic rings. The number of aliphatic hydroxyl groups is 1. The Morgan fingerprint density at radius 1 is 1.56 bits per heavy atom. The Kier molecular flexibility index (Phi) is 4.96. The van der Waals surface area contributed by atoms with Crippen LogP contribution in [0.2, 0.25) is 0 Å². The third kappa shape index (κ3) is 3.43. The van der Waals surface area contributed by atoms with Crippen molar-refractivity contribution >= 4 is 23.3 Å². The average Bonchev–Trinajstić information content (AvgIpc) is 2.81. The van der Waals surface area contributed by atoms with Gasteiger partial charge in [-0.05, 0) is 43.2 Å². The van der Waals surface area contributed by atoms with Crippen LogP contribution in [0.15, 0.2) is 23.6 Å². The second-order valence-corrected chi connectivity index (χ2v) is 5.52. The van der Waals surface area contributed by atoms with Crippen LogP contribution in [0.5, 0.6) is 0 Å². The lowest BCUT2D eigenvalue weighted by atomic mass is 9.91. The van der Waals surface area contributed by atoms with E-state index in [0.717, 1.165) is 17.7 Å². The van der Waals surface area contributed by atoms with Gasteiger partial charge in [0.15, 0.2) is 0 Å². The van der Waals surface area contributed by atoms with E-state index in [1.54, 1.807) is 17.4 Å². The summed E-state index contributed by atoms with van der Waals surface area (Å²) in [4.78, 5) is 15.1. The van der Waals surface area contributed by atoms with Gasteiger partial charge in [0.1, 0.15) is 0 Å². The zero-order chi connectivity index (χ0) is 12.8. The first-order valence-electron chi connectivity index (χ1n) is 6.44. The molecule has 0 aromatic carbocycles. The van der Waals surface area contributed by atoms with E-state index in [-0.39, 0.29) is 12.5 Å². The summed E-state index contributed by atoms with van der Waals surface area (Å²) in [5.41, 5.74) is 0. The van der Waals surface area contributed by atoms with Crippen molar-refractivity contribution in [3.8, 4) is 0 Å². The minimum absolute atomic E-state index is 0.0709. The Bertz CT molecular complexity index is 396. The second-order valence-electron chi connectivity index (χ2n) is 4.54. The zero-order valence-electron chi connectivity index (χ0n) is 10.4. The number of rotatable bonds is 6. The van der Waals surface area contributed by atoms with E-state index in [0.29, 0.717) is 19.0 Å². The normalized spacial score (nSPS) is 15.8. The van der Waals surface area contributed by atoms with Crippen molar-refractivity contribution in [2.75, 3.05) is 13.2 Å². The molecule has 1 aliphatic rings. The highest BCUT2D eigenvalue weighted by molar-refractivity contribution is 7.10. The van der Waals surface area contributed by atoms with Crippen molar-refractivity contribution in [2.45, 2.75) is 31.7 Å². The van der Waals surface area contributed by atoms with Gasteiger partial charge in [0.25, 0.3) is 0 Å². The third-order valence-corrected chi connectivity index (χ3v) is 4.13. The van der Waals surface area contributed by atoms with Crippen LogP contribution in [0.4, 0.5) is 0 Å². The molecule has 1 heterocycles. The van der Waals surface area contributed by atoms with Crippen molar-refractivity contribution in [1.82, 2.24) is 4.90 Å². The van der Waals surface area contributed by atoms with Crippen LogP contribution in [0.25, 0.3) is 6.08 Å². The number of aliphatic hydroxyl groups excluding tert-OH is 1. The van der Waals surface area contributed by atoms with Crippen LogP contribution < -0.4 is 0 Å². The Hall–Kier alpha value is -1.13. The maximum Gasteiger partial charge on any atom is 0.246 e. The van der Waals surface area contributed by atoms with Gasteiger partial charge >= 0.3 is 0 Å². The average molecular weight is 265 g/mol. The molecule has 1 N–H and O–H groups in total. The lowest BCUT2D eigenvalue weighted by molar-refractivity contribution is -0.130. The molecule has 2 rings (SSSR count). The molecule has 0 bridgehead atoms. The predicted molar refractivity (Wildman–Crippen MR) is 74.4 cm³/mol. The third-order valence-electron chi connectivity index (χ3n) is 3.29. The van der Waals surface area contributed by atoms with E-state index >= 15 is 0 Å². The first kappa shape index (κ1) is 13.3. The molecule has 0 radical (unpaired) electrons. The number of carbonyl (C=O) groups excluding carboxylic acids is 1. The minimum Gasteiger partial charge on any atom is -0.396 e. The summed E-state index contributed by atoms with van der Waals surface area (Å²) in [6.07, 6.45) is 7.60. The molecule has 0 unspecified atom stereocenters. The topological polar surface area (TPSA) is 40.5 Å². The molecule has 1 saturated carbocycles. The number of hydrogen-bond acceptors (Lipinski definition) is 3. The second kappa shape index (κ2) is 6.71. The molecule has 1 amide bonds. The van der Waals surface area contributed by atoms with Crippen LogP contribution in [-0.2, 0) is 4.79 Å². The number of hydrogen-bond donors (Lipinski definition) is 1. The Labute approximate surface area is 112 Å². The van der Waals surface area contributed by atoms with Crippen LogP contribution in [-0.4, -0.2) is 35.1 Å². The molecule has 0 spiro atoms. The molecule has 1 aliphatic carbocycles. The van der Waals surface area contributed by atoms with Crippen LogP contribution in [0.3, 0.4) is 0 Å². The van der Waals surface area contributed by atoms with Gasteiger partial charge in [0.2, 0.25) is 5.91 Å². The lowest BCUT2D eigenvalue weighted by Gasteiger charge is -2.37. The summed E-state index contributed by atoms with van der Waals surface area (Å²) in [6.45, 7) is 0.805. The van der Waals surface area contributed by atoms with E-state index in [2.05, 4.69) is 0 Å². The summed E-state index contributed by atoms with van der Waals surface area (Å²) < 4.78 is 0. The fraction of sp³-hybridized carbons (Fsp3) is 0.500. The number of thiophene rings is 1. The van der Waals surface area contributed by atoms with E-state index in [1.807, 2.05) is 28.5 Å². The highest BCUT2D eigenvalue weighted by Crippen LogP contribution is 2.25. The Morgan fingerprint density at radius 2 is 2.39 bits per heavy atom. The largest absolute Gasteiger partial charge is 0.396 e. The molecular weight excluding hydrogens is 246 g/mol. The minimum atomic E-state index is 0.0709. The van der Waals surface area contributed by atoms with Gasteiger partial charge in [0.05, 0.1) is 0 Å². The molecular formula is C14H19NO2S. The van der Waals surface area contributed by atoms with Crippen molar-refractivity contribution in [1.29, 1.82) is 0 Å². The summed E-state index contributed by atoms with van der Waals surface area (Å²) in [5.74, 6) is 0.0709. The van der Waals surface area contributed by atoms with E-state index in [9.17, 15) is 4.79 Å². The lowest BCUT2D eigenvalue weighted by Crippen LogP contribution is -2.44. The first-order chi connectivity index (χ1) is 8.81. The van der Waals surface area contributed by atoms with Crippen molar-refractivity contribution in [3.05, 3.63) is 28.5 Å². The molecule has 0 saturated heterocycles. The van der Waals surface area contributed by atoms with Crippen LogP contribution in [0.1, 0.15) is 30.6 Å². The van der Waals surface area contributed by atoms with Crippen LogP contribution in [0, 0.1) is 0 Å². The fourth-order valence-electron chi connectivity index (χ4n) is 2.05. The van der Waals surface area contributed by atoms with Gasteiger partial charge in [-0.1, -0.05) is 6.07 Å². The van der Waals surface area contributed by atoms with Gasteiger partial charge in [0, 0.05) is 30.1 Å². The van der Waals surface area contributed by atoms with Gasteiger partial charge in [-0.25, -0.2) is 0 Å². The standard InChI is InChI=1S/C14H19NO2S/c16-10-3-9-15(12-4-1-5-12)14(17)8-7-13-6-2-11-18-13/h2,6-8,11-12,16H,1,3-5,9-10H2/b8-7+. The SMILES string of the molecule is O=C(/C=C/c1cccs1)N(CCCO)C1CCC1. The Morgan fingerprint density at radius 3 is 2.94 bits per heavy atom. The molecule has 4 heteroatoms. The van der Waals surface area contributed by atoms with E-state index in [4.69, 9.17) is 5.11 Å². The molecule has 98 valence electrons. The number of nitrogens with zero attached hydrogens (tertiary/aromatic N) is 1.